The number of hydrogen-bond acceptors (Lipinski definition) is 1. The summed E-state index contributed by atoms with van der Waals surface area (Å²) in [4.78, 5) is 0. The molecule has 1 nitrogen and oxygen atoms in total. The highest BCUT2D eigenvalue weighted by atomic mass is 16.3. The van der Waals surface area contributed by atoms with Gasteiger partial charge in [-0.25, -0.2) is 0 Å². The number of hydrogen-bond donors (Lipinski definition) is 1. The minimum absolute atomic E-state index is 0.266. The molecular weight excluding hydrogens is 148 g/mol. The number of benzene rings is 1. The zero-order valence-electron chi connectivity index (χ0n) is 6.90. The third kappa shape index (κ3) is 1.41. The summed E-state index contributed by atoms with van der Waals surface area (Å²) in [7, 11) is 0. The Morgan fingerprint density at radius 3 is 3.00 bits per heavy atom. The van der Waals surface area contributed by atoms with Crippen LogP contribution in [0.15, 0.2) is 30.3 Å². The predicted molar refractivity (Wildman–Crippen MR) is 49.8 cm³/mol. The Labute approximate surface area is 72.4 Å². The van der Waals surface area contributed by atoms with Gasteiger partial charge in [0.05, 0.1) is 6.10 Å². The quantitative estimate of drug-likeness (QED) is 0.615. The van der Waals surface area contributed by atoms with E-state index in [9.17, 15) is 5.11 Å². The third-order valence-corrected chi connectivity index (χ3v) is 2.26. The molecule has 1 heteroatoms. The SMILES string of the molecule is OC1C=Cc2ccccc2CC1. The molecule has 0 aromatic heterocycles. The molecule has 0 radical (unpaired) electrons. The van der Waals surface area contributed by atoms with Gasteiger partial charge < -0.3 is 5.11 Å². The molecule has 0 fully saturated rings. The summed E-state index contributed by atoms with van der Waals surface area (Å²) >= 11 is 0. The minimum Gasteiger partial charge on any atom is -0.389 e. The maximum Gasteiger partial charge on any atom is 0.0727 e. The molecule has 0 amide bonds. The number of aryl methyl sites for hydroxylation is 1. The van der Waals surface area contributed by atoms with Gasteiger partial charge in [-0.05, 0) is 24.0 Å². The maximum absolute atomic E-state index is 9.37. The largest absolute Gasteiger partial charge is 0.389 e. The number of aliphatic hydroxyl groups excluding tert-OH is 1. The second-order valence-electron chi connectivity index (χ2n) is 3.16. The van der Waals surface area contributed by atoms with Crippen molar-refractivity contribution in [1.82, 2.24) is 0 Å². The maximum atomic E-state index is 9.37. The molecule has 1 aliphatic rings. The summed E-state index contributed by atoms with van der Waals surface area (Å²) in [5.74, 6) is 0. The van der Waals surface area contributed by atoms with Gasteiger partial charge in [0.25, 0.3) is 0 Å². The first-order valence-electron chi connectivity index (χ1n) is 4.30. The van der Waals surface area contributed by atoms with E-state index >= 15 is 0 Å². The van der Waals surface area contributed by atoms with E-state index in [1.165, 1.54) is 11.1 Å². The number of rotatable bonds is 0. The molecule has 0 bridgehead atoms. The van der Waals surface area contributed by atoms with Crippen molar-refractivity contribution in [3.8, 4) is 0 Å². The summed E-state index contributed by atoms with van der Waals surface area (Å²) in [6.07, 6.45) is 5.42. The van der Waals surface area contributed by atoms with Crippen LogP contribution >= 0.6 is 0 Å². The Morgan fingerprint density at radius 1 is 1.25 bits per heavy atom. The van der Waals surface area contributed by atoms with Crippen LogP contribution in [0.5, 0.6) is 0 Å². The van der Waals surface area contributed by atoms with E-state index in [-0.39, 0.29) is 6.10 Å². The van der Waals surface area contributed by atoms with E-state index in [1.807, 2.05) is 24.3 Å². The average Bonchev–Trinajstić information content (AvgIpc) is 2.29. The van der Waals surface area contributed by atoms with Crippen molar-refractivity contribution < 1.29 is 5.11 Å². The summed E-state index contributed by atoms with van der Waals surface area (Å²) in [5, 5.41) is 9.37. The van der Waals surface area contributed by atoms with Gasteiger partial charge in [0.1, 0.15) is 0 Å². The molecule has 1 atom stereocenters. The summed E-state index contributed by atoms with van der Waals surface area (Å²) in [6.45, 7) is 0. The molecule has 0 saturated heterocycles. The molecule has 62 valence electrons. The van der Waals surface area contributed by atoms with Gasteiger partial charge in [-0.2, -0.15) is 0 Å². The molecule has 2 rings (SSSR count). The number of fused-ring (bicyclic) bond motifs is 1. The van der Waals surface area contributed by atoms with Crippen molar-refractivity contribution in [1.29, 1.82) is 0 Å². The van der Waals surface area contributed by atoms with Crippen LogP contribution in [0, 0.1) is 0 Å². The van der Waals surface area contributed by atoms with Gasteiger partial charge in [0.2, 0.25) is 0 Å². The van der Waals surface area contributed by atoms with Gasteiger partial charge >= 0.3 is 0 Å². The molecule has 0 aliphatic heterocycles. The van der Waals surface area contributed by atoms with Crippen molar-refractivity contribution in [3.63, 3.8) is 0 Å². The van der Waals surface area contributed by atoms with E-state index < -0.39 is 0 Å². The van der Waals surface area contributed by atoms with Crippen molar-refractivity contribution in [2.24, 2.45) is 0 Å². The Morgan fingerprint density at radius 2 is 2.08 bits per heavy atom. The topological polar surface area (TPSA) is 20.2 Å². The monoisotopic (exact) mass is 160 g/mol. The Bertz CT molecular complexity index is 302. The first-order valence-corrected chi connectivity index (χ1v) is 4.30. The van der Waals surface area contributed by atoms with Crippen LogP contribution in [-0.2, 0) is 6.42 Å². The molecule has 0 heterocycles. The highest BCUT2D eigenvalue weighted by Gasteiger charge is 2.07. The molecule has 1 aromatic rings. The standard InChI is InChI=1S/C11H12O/c12-11-7-5-9-3-1-2-4-10(9)6-8-11/h1-5,7,11-12H,6,8H2. The summed E-state index contributed by atoms with van der Waals surface area (Å²) in [5.41, 5.74) is 2.58. The fraction of sp³-hybridized carbons (Fsp3) is 0.273. The lowest BCUT2D eigenvalue weighted by atomic mass is 10.0. The Hall–Kier alpha value is -1.08. The molecule has 12 heavy (non-hydrogen) atoms. The zero-order valence-corrected chi connectivity index (χ0v) is 6.90. The molecular formula is C11H12O. The van der Waals surface area contributed by atoms with Crippen molar-refractivity contribution in [2.45, 2.75) is 18.9 Å². The Balaban J connectivity index is 2.39. The van der Waals surface area contributed by atoms with E-state index in [0.29, 0.717) is 0 Å². The summed E-state index contributed by atoms with van der Waals surface area (Å²) < 4.78 is 0. The van der Waals surface area contributed by atoms with Crippen molar-refractivity contribution >= 4 is 6.08 Å². The van der Waals surface area contributed by atoms with Crippen LogP contribution in [0.2, 0.25) is 0 Å². The van der Waals surface area contributed by atoms with Gasteiger partial charge in [0, 0.05) is 0 Å². The van der Waals surface area contributed by atoms with Crippen LogP contribution in [-0.4, -0.2) is 11.2 Å². The van der Waals surface area contributed by atoms with E-state index in [2.05, 4.69) is 12.1 Å². The third-order valence-electron chi connectivity index (χ3n) is 2.26. The lowest BCUT2D eigenvalue weighted by Gasteiger charge is -2.02. The predicted octanol–water partition coefficient (Wildman–Crippen LogP) is 2.01. The van der Waals surface area contributed by atoms with Gasteiger partial charge in [-0.1, -0.05) is 36.4 Å². The van der Waals surface area contributed by atoms with Crippen LogP contribution < -0.4 is 0 Å². The van der Waals surface area contributed by atoms with Crippen LogP contribution in [0.3, 0.4) is 0 Å². The number of aliphatic hydroxyl groups is 1. The van der Waals surface area contributed by atoms with Crippen LogP contribution in [0.25, 0.3) is 6.08 Å². The van der Waals surface area contributed by atoms with E-state index in [1.54, 1.807) is 0 Å². The van der Waals surface area contributed by atoms with Crippen molar-refractivity contribution in [2.75, 3.05) is 0 Å². The van der Waals surface area contributed by atoms with Gasteiger partial charge in [0.15, 0.2) is 0 Å². The summed E-state index contributed by atoms with van der Waals surface area (Å²) in [6, 6.07) is 8.28. The highest BCUT2D eigenvalue weighted by Crippen LogP contribution is 2.18. The highest BCUT2D eigenvalue weighted by molar-refractivity contribution is 5.55. The lowest BCUT2D eigenvalue weighted by Crippen LogP contribution is -2.01. The first kappa shape index (κ1) is 7.56. The smallest absolute Gasteiger partial charge is 0.0727 e. The first-order chi connectivity index (χ1) is 5.86. The fourth-order valence-corrected chi connectivity index (χ4v) is 1.54. The normalized spacial score (nSPS) is 21.6. The fourth-order valence-electron chi connectivity index (χ4n) is 1.54. The second kappa shape index (κ2) is 3.11. The van der Waals surface area contributed by atoms with E-state index in [0.717, 1.165) is 12.8 Å². The van der Waals surface area contributed by atoms with Crippen molar-refractivity contribution in [3.05, 3.63) is 41.5 Å². The molecule has 0 spiro atoms. The molecule has 1 aliphatic carbocycles. The minimum atomic E-state index is -0.266. The van der Waals surface area contributed by atoms with Gasteiger partial charge in [-0.3, -0.25) is 0 Å². The molecule has 1 aromatic carbocycles. The van der Waals surface area contributed by atoms with Crippen LogP contribution in [0.4, 0.5) is 0 Å². The molecule has 1 N–H and O–H groups in total. The second-order valence-corrected chi connectivity index (χ2v) is 3.16. The molecule has 1 unspecified atom stereocenters. The van der Waals surface area contributed by atoms with Gasteiger partial charge in [-0.15, -0.1) is 0 Å². The zero-order chi connectivity index (χ0) is 8.39. The molecule has 0 saturated carbocycles. The average molecular weight is 160 g/mol. The Kier molecular flexibility index (Phi) is 1.96. The van der Waals surface area contributed by atoms with Crippen LogP contribution in [0.1, 0.15) is 17.5 Å². The van der Waals surface area contributed by atoms with E-state index in [4.69, 9.17) is 0 Å². The lowest BCUT2D eigenvalue weighted by molar-refractivity contribution is 0.214.